The molecule has 0 saturated heterocycles. The second-order valence-electron chi connectivity index (χ2n) is 0.937. The third-order valence-corrected chi connectivity index (χ3v) is 0.680. The number of rotatable bonds is 2. The molecular formula is C4H6ClO+. The van der Waals surface area contributed by atoms with Crippen LogP contribution in [0.5, 0.6) is 0 Å². The van der Waals surface area contributed by atoms with Gasteiger partial charge >= 0.3 is 41.1 Å². The molecule has 0 atom stereocenters. The first kappa shape index (κ1) is 6.03. The average molecular weight is 106 g/mol. The molecule has 0 fully saturated rings. The molecule has 1 nitrogen and oxygen atoms in total. The standard InChI is InChI=1S/C4H6ClO/c5-3-1-2-4-6/h1-3H2/q+1. The summed E-state index contributed by atoms with van der Waals surface area (Å²) in [5, 5.41) is 0. The number of alkyl halides is 1. The first-order valence-electron chi connectivity index (χ1n) is 1.82. The van der Waals surface area contributed by atoms with Crippen molar-refractivity contribution in [3.05, 3.63) is 0 Å². The van der Waals surface area contributed by atoms with Gasteiger partial charge in [0.25, 0.3) is 0 Å². The normalized spacial score (nSPS) is 7.33. The van der Waals surface area contributed by atoms with E-state index in [4.69, 9.17) is 11.6 Å². The van der Waals surface area contributed by atoms with E-state index in [1.807, 2.05) is 0 Å². The summed E-state index contributed by atoms with van der Waals surface area (Å²) in [5.41, 5.74) is 0. The van der Waals surface area contributed by atoms with Crippen LogP contribution in [0.15, 0.2) is 0 Å². The van der Waals surface area contributed by atoms with Crippen molar-refractivity contribution < 1.29 is 4.65 Å². The summed E-state index contributed by atoms with van der Waals surface area (Å²) in [6.45, 7) is 0. The van der Waals surface area contributed by atoms with Crippen LogP contribution in [0.4, 0.5) is 0 Å². The third-order valence-electron chi connectivity index (χ3n) is 0.412. The summed E-state index contributed by atoms with van der Waals surface area (Å²) in [6.07, 6.45) is 2.96. The van der Waals surface area contributed by atoms with Crippen molar-refractivity contribution in [1.82, 2.24) is 0 Å². The van der Waals surface area contributed by atoms with Crippen molar-refractivity contribution in [2.75, 3.05) is 5.88 Å². The van der Waals surface area contributed by atoms with Gasteiger partial charge in [0.2, 0.25) is 0 Å². The Kier molecular flexibility index (Phi) is 5.06. The van der Waals surface area contributed by atoms with E-state index >= 15 is 0 Å². The molecule has 0 radical (unpaired) electrons. The first-order chi connectivity index (χ1) is 2.91. The Morgan fingerprint density at radius 2 is 2.33 bits per heavy atom. The number of hydrogen-bond acceptors (Lipinski definition) is 0. The molecule has 0 aliphatic carbocycles. The molecule has 0 rings (SSSR count). The van der Waals surface area contributed by atoms with E-state index < -0.39 is 0 Å². The second kappa shape index (κ2) is 5.03. The Morgan fingerprint density at radius 1 is 1.67 bits per heavy atom. The van der Waals surface area contributed by atoms with Crippen LogP contribution in [0.25, 0.3) is 0 Å². The summed E-state index contributed by atoms with van der Waals surface area (Å²) in [5.74, 6) is 0.565. The fourth-order valence-electron chi connectivity index (χ4n) is 0.139. The monoisotopic (exact) mass is 105 g/mol. The third kappa shape index (κ3) is 4.03. The van der Waals surface area contributed by atoms with Crippen LogP contribution in [-0.4, -0.2) is 5.88 Å². The van der Waals surface area contributed by atoms with E-state index in [-0.39, 0.29) is 0 Å². The van der Waals surface area contributed by atoms with Crippen LogP contribution in [0, 0.1) is 6.15 Å². The van der Waals surface area contributed by atoms with Crippen molar-refractivity contribution in [3.63, 3.8) is 0 Å². The van der Waals surface area contributed by atoms with E-state index in [0.717, 1.165) is 6.42 Å². The van der Waals surface area contributed by atoms with Crippen molar-refractivity contribution in [3.8, 4) is 6.15 Å². The Balaban J connectivity index is 2.54. The maximum atomic E-state index is 9.38. The zero-order chi connectivity index (χ0) is 4.83. The van der Waals surface area contributed by atoms with E-state index in [9.17, 15) is 4.65 Å². The molecule has 6 heavy (non-hydrogen) atoms. The minimum atomic E-state index is 0.476. The summed E-state index contributed by atoms with van der Waals surface area (Å²) >= 11 is 5.20. The van der Waals surface area contributed by atoms with Gasteiger partial charge in [-0.3, -0.25) is 0 Å². The topological polar surface area (TPSA) is 19.9 Å². The molecule has 0 aromatic heterocycles. The zero-order valence-electron chi connectivity index (χ0n) is 3.41. The maximum absolute atomic E-state index is 9.38. The number of hydrogen-bond donors (Lipinski definition) is 0. The number of unbranched alkanes of at least 4 members (excludes halogenated alkanes) is 1. The van der Waals surface area contributed by atoms with Gasteiger partial charge in [-0.2, -0.15) is 0 Å². The van der Waals surface area contributed by atoms with E-state index in [2.05, 4.69) is 0 Å². The number of halogens is 1. The fourth-order valence-corrected chi connectivity index (χ4v) is 0.273. The van der Waals surface area contributed by atoms with Gasteiger partial charge in [0, 0.05) is 0 Å². The van der Waals surface area contributed by atoms with Crippen LogP contribution in [0.1, 0.15) is 12.8 Å². The Morgan fingerprint density at radius 3 is 2.50 bits per heavy atom. The van der Waals surface area contributed by atoms with Gasteiger partial charge in [0.1, 0.15) is 0 Å². The summed E-state index contributed by atoms with van der Waals surface area (Å²) < 4.78 is 9.38. The van der Waals surface area contributed by atoms with Crippen LogP contribution < -0.4 is 0 Å². The molecule has 0 aliphatic rings. The molecule has 0 heterocycles. The van der Waals surface area contributed by atoms with Crippen LogP contribution >= 0.6 is 11.6 Å². The zero-order valence-corrected chi connectivity index (χ0v) is 4.16. The summed E-state index contributed by atoms with van der Waals surface area (Å²) in [6, 6.07) is 0. The van der Waals surface area contributed by atoms with Gasteiger partial charge in [0.05, 0.1) is 0 Å². The van der Waals surface area contributed by atoms with Gasteiger partial charge < -0.3 is 0 Å². The van der Waals surface area contributed by atoms with Crippen LogP contribution in [0.2, 0.25) is 0 Å². The van der Waals surface area contributed by atoms with Gasteiger partial charge in [-0.1, -0.05) is 0 Å². The van der Waals surface area contributed by atoms with E-state index in [1.165, 1.54) is 0 Å². The van der Waals surface area contributed by atoms with Crippen molar-refractivity contribution in [2.24, 2.45) is 0 Å². The summed E-state index contributed by atoms with van der Waals surface area (Å²) in [7, 11) is 0. The molecule has 0 aliphatic heterocycles. The van der Waals surface area contributed by atoms with E-state index in [0.29, 0.717) is 12.3 Å². The Hall–Kier alpha value is 0.0300. The first-order valence-corrected chi connectivity index (χ1v) is 2.36. The Labute approximate surface area is 42.0 Å². The molecule has 0 amide bonds. The van der Waals surface area contributed by atoms with Gasteiger partial charge in [0.15, 0.2) is 0 Å². The quantitative estimate of drug-likeness (QED) is 0.287. The molecule has 34 valence electrons. The molecule has 0 aromatic carbocycles. The average Bonchev–Trinajstić information content (AvgIpc) is 1.61. The molecule has 0 saturated carbocycles. The molecule has 2 heteroatoms. The van der Waals surface area contributed by atoms with Crippen molar-refractivity contribution in [2.45, 2.75) is 12.8 Å². The predicted octanol–water partition coefficient (Wildman–Crippen LogP) is 1.40. The molecule has 0 aromatic rings. The van der Waals surface area contributed by atoms with Gasteiger partial charge in [-0.15, -0.1) is 0 Å². The minimum absolute atomic E-state index is 0.476. The predicted molar refractivity (Wildman–Crippen MR) is 24.5 cm³/mol. The van der Waals surface area contributed by atoms with Gasteiger partial charge in [-0.25, -0.2) is 0 Å². The molecular weight excluding hydrogens is 99.5 g/mol. The van der Waals surface area contributed by atoms with Crippen LogP contribution in [0.3, 0.4) is 0 Å². The van der Waals surface area contributed by atoms with Crippen LogP contribution in [-0.2, 0) is 4.65 Å². The second-order valence-corrected chi connectivity index (χ2v) is 1.31. The van der Waals surface area contributed by atoms with Crippen molar-refractivity contribution in [1.29, 1.82) is 0 Å². The summed E-state index contributed by atoms with van der Waals surface area (Å²) in [4.78, 5) is 0. The van der Waals surface area contributed by atoms with E-state index in [1.54, 1.807) is 6.15 Å². The SMILES string of the molecule is [O+]#CCCCCl. The molecule has 0 N–H and O–H groups in total. The molecule has 0 unspecified atom stereocenters. The Bertz CT molecular complexity index is 55.1. The fraction of sp³-hybridized carbons (Fsp3) is 0.750. The van der Waals surface area contributed by atoms with Gasteiger partial charge in [-0.05, 0) is 0 Å². The molecule has 0 spiro atoms. The molecule has 0 bridgehead atoms. The van der Waals surface area contributed by atoms with Crippen molar-refractivity contribution >= 4 is 11.6 Å².